The summed E-state index contributed by atoms with van der Waals surface area (Å²) in [4.78, 5) is 12.4. The zero-order valence-electron chi connectivity index (χ0n) is 12.7. The van der Waals surface area contributed by atoms with Crippen molar-refractivity contribution in [2.75, 3.05) is 33.8 Å². The lowest BCUT2D eigenvalue weighted by molar-refractivity contribution is -0.384. The van der Waals surface area contributed by atoms with E-state index in [0.29, 0.717) is 17.9 Å². The second-order valence-electron chi connectivity index (χ2n) is 5.75. The Morgan fingerprint density at radius 2 is 2.00 bits per heavy atom. The molecular formula is C15H23N3O3. The molecule has 21 heavy (non-hydrogen) atoms. The summed E-state index contributed by atoms with van der Waals surface area (Å²) in [5, 5.41) is 14.0. The minimum Gasteiger partial charge on any atom is -0.492 e. The molecule has 1 N–H and O–H groups in total. The Balaban J connectivity index is 1.67. The molecule has 1 saturated carbocycles. The SMILES string of the molecule is CN(C)C1(CNCCOc2ccc([N+](=O)[O-])cc2)CCC1. The Morgan fingerprint density at radius 1 is 1.33 bits per heavy atom. The molecule has 1 aliphatic rings. The quantitative estimate of drug-likeness (QED) is 0.451. The molecule has 0 radical (unpaired) electrons. The van der Waals surface area contributed by atoms with Crippen LogP contribution in [-0.2, 0) is 0 Å². The smallest absolute Gasteiger partial charge is 0.269 e. The standard InChI is InChI=1S/C15H23N3O3/c1-17(2)15(8-3-9-15)12-16-10-11-21-14-6-4-13(5-7-14)18(19)20/h4-7,16H,3,8-12H2,1-2H3. The number of non-ortho nitro benzene ring substituents is 1. The van der Waals surface area contributed by atoms with Crippen molar-refractivity contribution in [3.8, 4) is 5.75 Å². The molecular weight excluding hydrogens is 270 g/mol. The van der Waals surface area contributed by atoms with E-state index in [1.807, 2.05) is 0 Å². The molecule has 0 spiro atoms. The van der Waals surface area contributed by atoms with Gasteiger partial charge in [-0.05, 0) is 45.5 Å². The minimum absolute atomic E-state index is 0.0818. The highest BCUT2D eigenvalue weighted by atomic mass is 16.6. The summed E-state index contributed by atoms with van der Waals surface area (Å²) in [5.74, 6) is 0.661. The zero-order chi connectivity index (χ0) is 15.3. The highest BCUT2D eigenvalue weighted by Gasteiger charge is 2.38. The number of nitro benzene ring substituents is 1. The fourth-order valence-corrected chi connectivity index (χ4v) is 2.59. The maximum Gasteiger partial charge on any atom is 0.269 e. The van der Waals surface area contributed by atoms with E-state index in [-0.39, 0.29) is 5.69 Å². The van der Waals surface area contributed by atoms with Crippen molar-refractivity contribution in [2.45, 2.75) is 24.8 Å². The van der Waals surface area contributed by atoms with Gasteiger partial charge < -0.3 is 15.0 Å². The van der Waals surface area contributed by atoms with Gasteiger partial charge in [-0.3, -0.25) is 10.1 Å². The Bertz CT molecular complexity index is 470. The first-order chi connectivity index (χ1) is 10.0. The summed E-state index contributed by atoms with van der Waals surface area (Å²) in [5.41, 5.74) is 0.395. The maximum absolute atomic E-state index is 10.5. The Morgan fingerprint density at radius 3 is 2.48 bits per heavy atom. The van der Waals surface area contributed by atoms with Gasteiger partial charge in [0.15, 0.2) is 0 Å². The normalized spacial score (nSPS) is 16.5. The van der Waals surface area contributed by atoms with Crippen LogP contribution in [0.5, 0.6) is 5.75 Å². The Labute approximate surface area is 125 Å². The number of rotatable bonds is 8. The molecule has 0 unspecified atom stereocenters. The van der Waals surface area contributed by atoms with Gasteiger partial charge in [-0.15, -0.1) is 0 Å². The van der Waals surface area contributed by atoms with Crippen LogP contribution in [0.1, 0.15) is 19.3 Å². The highest BCUT2D eigenvalue weighted by molar-refractivity contribution is 5.35. The van der Waals surface area contributed by atoms with Crippen molar-refractivity contribution in [3.05, 3.63) is 34.4 Å². The first-order valence-electron chi connectivity index (χ1n) is 7.29. The number of nitro groups is 1. The first kappa shape index (κ1) is 15.7. The average molecular weight is 293 g/mol. The summed E-state index contributed by atoms with van der Waals surface area (Å²) < 4.78 is 5.57. The van der Waals surface area contributed by atoms with E-state index in [1.165, 1.54) is 31.4 Å². The fourth-order valence-electron chi connectivity index (χ4n) is 2.59. The van der Waals surface area contributed by atoms with E-state index in [0.717, 1.165) is 13.1 Å². The third kappa shape index (κ3) is 3.92. The summed E-state index contributed by atoms with van der Waals surface area (Å²) in [6.45, 7) is 2.30. The average Bonchev–Trinajstić information content (AvgIpc) is 2.41. The first-order valence-corrected chi connectivity index (χ1v) is 7.29. The lowest BCUT2D eigenvalue weighted by atomic mass is 9.75. The van der Waals surface area contributed by atoms with Gasteiger partial charge in [0.05, 0.1) is 4.92 Å². The monoisotopic (exact) mass is 293 g/mol. The number of nitrogens with zero attached hydrogens (tertiary/aromatic N) is 2. The van der Waals surface area contributed by atoms with Gasteiger partial charge in [-0.1, -0.05) is 0 Å². The minimum atomic E-state index is -0.412. The number of benzene rings is 1. The predicted molar refractivity (Wildman–Crippen MR) is 81.7 cm³/mol. The largest absolute Gasteiger partial charge is 0.492 e. The van der Waals surface area contributed by atoms with Gasteiger partial charge in [0.1, 0.15) is 12.4 Å². The molecule has 0 bridgehead atoms. The molecule has 1 aliphatic carbocycles. The Kier molecular flexibility index (Phi) is 5.14. The van der Waals surface area contributed by atoms with E-state index >= 15 is 0 Å². The molecule has 1 aromatic rings. The van der Waals surface area contributed by atoms with Crippen LogP contribution in [0.2, 0.25) is 0 Å². The summed E-state index contributed by atoms with van der Waals surface area (Å²) in [6, 6.07) is 6.17. The summed E-state index contributed by atoms with van der Waals surface area (Å²) >= 11 is 0. The lowest BCUT2D eigenvalue weighted by Gasteiger charge is -2.47. The number of hydrogen-bond acceptors (Lipinski definition) is 5. The third-order valence-corrected chi connectivity index (χ3v) is 4.28. The fraction of sp³-hybridized carbons (Fsp3) is 0.600. The lowest BCUT2D eigenvalue weighted by Crippen LogP contribution is -2.56. The number of likely N-dealkylation sites (N-methyl/N-ethyl adjacent to an activating group) is 1. The van der Waals surface area contributed by atoms with Crippen LogP contribution < -0.4 is 10.1 Å². The van der Waals surface area contributed by atoms with Crippen LogP contribution in [0.3, 0.4) is 0 Å². The summed E-state index contributed by atoms with van der Waals surface area (Å²) in [7, 11) is 4.27. The van der Waals surface area contributed by atoms with Crippen LogP contribution in [0.4, 0.5) is 5.69 Å². The number of ether oxygens (including phenoxy) is 1. The van der Waals surface area contributed by atoms with E-state index in [1.54, 1.807) is 12.1 Å². The molecule has 6 heteroatoms. The zero-order valence-corrected chi connectivity index (χ0v) is 12.7. The van der Waals surface area contributed by atoms with Gasteiger partial charge in [0.2, 0.25) is 0 Å². The maximum atomic E-state index is 10.5. The van der Waals surface area contributed by atoms with Crippen LogP contribution in [0.15, 0.2) is 24.3 Å². The van der Waals surface area contributed by atoms with E-state index in [2.05, 4.69) is 24.3 Å². The molecule has 0 aliphatic heterocycles. The van der Waals surface area contributed by atoms with Crippen molar-refractivity contribution < 1.29 is 9.66 Å². The van der Waals surface area contributed by atoms with Gasteiger partial charge in [-0.2, -0.15) is 0 Å². The molecule has 1 fully saturated rings. The van der Waals surface area contributed by atoms with Crippen LogP contribution >= 0.6 is 0 Å². The van der Waals surface area contributed by atoms with Crippen LogP contribution in [-0.4, -0.2) is 49.2 Å². The van der Waals surface area contributed by atoms with E-state index < -0.39 is 4.92 Å². The molecule has 0 heterocycles. The molecule has 6 nitrogen and oxygen atoms in total. The molecule has 2 rings (SSSR count). The third-order valence-electron chi connectivity index (χ3n) is 4.28. The molecule has 0 amide bonds. The van der Waals surface area contributed by atoms with Crippen molar-refractivity contribution in [1.29, 1.82) is 0 Å². The van der Waals surface area contributed by atoms with Gasteiger partial charge in [-0.25, -0.2) is 0 Å². The topological polar surface area (TPSA) is 67.6 Å². The van der Waals surface area contributed by atoms with Crippen molar-refractivity contribution >= 4 is 5.69 Å². The van der Waals surface area contributed by atoms with Gasteiger partial charge in [0.25, 0.3) is 5.69 Å². The van der Waals surface area contributed by atoms with Crippen LogP contribution in [0, 0.1) is 10.1 Å². The van der Waals surface area contributed by atoms with E-state index in [4.69, 9.17) is 4.74 Å². The van der Waals surface area contributed by atoms with Crippen molar-refractivity contribution in [3.63, 3.8) is 0 Å². The van der Waals surface area contributed by atoms with Crippen molar-refractivity contribution in [1.82, 2.24) is 10.2 Å². The second-order valence-corrected chi connectivity index (χ2v) is 5.75. The molecule has 116 valence electrons. The molecule has 1 aromatic carbocycles. The molecule has 0 atom stereocenters. The number of nitrogens with one attached hydrogen (secondary N) is 1. The predicted octanol–water partition coefficient (Wildman–Crippen LogP) is 2.05. The Hall–Kier alpha value is -1.66. The van der Waals surface area contributed by atoms with Crippen molar-refractivity contribution in [2.24, 2.45) is 0 Å². The second kappa shape index (κ2) is 6.87. The van der Waals surface area contributed by atoms with Crippen LogP contribution in [0.25, 0.3) is 0 Å². The number of hydrogen-bond donors (Lipinski definition) is 1. The van der Waals surface area contributed by atoms with E-state index in [9.17, 15) is 10.1 Å². The van der Waals surface area contributed by atoms with Gasteiger partial charge in [0, 0.05) is 30.8 Å². The molecule has 0 aromatic heterocycles. The molecule has 0 saturated heterocycles. The highest BCUT2D eigenvalue weighted by Crippen LogP contribution is 2.35. The summed E-state index contributed by atoms with van der Waals surface area (Å²) in [6.07, 6.45) is 3.80. The van der Waals surface area contributed by atoms with Gasteiger partial charge >= 0.3 is 0 Å².